The predicted octanol–water partition coefficient (Wildman–Crippen LogP) is 8.12. The van der Waals surface area contributed by atoms with Crippen LogP contribution in [0.25, 0.3) is 5.70 Å². The summed E-state index contributed by atoms with van der Waals surface area (Å²) >= 11 is 6.40. The number of halogens is 1. The number of amides is 3. The maximum Gasteiger partial charge on any atom is 0.324 e. The third-order valence-corrected chi connectivity index (χ3v) is 7.97. The quantitative estimate of drug-likeness (QED) is 0.194. The molecule has 7 nitrogen and oxygen atoms in total. The van der Waals surface area contributed by atoms with E-state index >= 15 is 0 Å². The standard InChI is InChI=1S/C33H47ClN4O3.C2H6/c1-10-15-25(16-13-14-17-29(39)37-20-18-33(9,41)19-21-37)38-27(12-3)26(32(6,7)8)22-28(38)36-31(40)35-24(5)30(34)23(4)11-2;1-2/h1,11,13,15-16,22,41H,12,14,17-21H2,2-9H3,(H2,35,36,40);1-2H3/b16-13-,23-11-,25-15+,30-24-;. The van der Waals surface area contributed by atoms with Gasteiger partial charge in [-0.3, -0.25) is 14.7 Å². The van der Waals surface area contributed by atoms with E-state index in [1.165, 1.54) is 0 Å². The molecule has 0 saturated carbocycles. The number of nitrogens with one attached hydrogen (secondary N) is 2. The smallest absolute Gasteiger partial charge is 0.324 e. The highest BCUT2D eigenvalue weighted by Gasteiger charge is 2.29. The molecule has 238 valence electrons. The van der Waals surface area contributed by atoms with Crippen LogP contribution < -0.4 is 10.6 Å². The summed E-state index contributed by atoms with van der Waals surface area (Å²) in [5.41, 5.74) is 3.38. The van der Waals surface area contributed by atoms with E-state index in [1.54, 1.807) is 13.0 Å². The first-order chi connectivity index (χ1) is 20.1. The Balaban J connectivity index is 0.00000452. The molecule has 43 heavy (non-hydrogen) atoms. The van der Waals surface area contributed by atoms with Crippen LogP contribution in [0.5, 0.6) is 0 Å². The number of nitrogens with zero attached hydrogens (tertiary/aromatic N) is 2. The number of hydrogen-bond donors (Lipinski definition) is 3. The number of aliphatic hydroxyl groups is 1. The molecule has 2 heterocycles. The number of likely N-dealkylation sites (tertiary alicyclic amines) is 1. The zero-order valence-electron chi connectivity index (χ0n) is 27.9. The molecule has 1 aliphatic heterocycles. The molecule has 1 aromatic heterocycles. The number of rotatable bonds is 9. The van der Waals surface area contributed by atoms with Crippen molar-refractivity contribution in [2.75, 3.05) is 18.4 Å². The fourth-order valence-electron chi connectivity index (χ4n) is 4.81. The van der Waals surface area contributed by atoms with Crippen LogP contribution in [0.15, 0.2) is 46.7 Å². The van der Waals surface area contributed by atoms with E-state index in [-0.39, 0.29) is 11.3 Å². The normalized spacial score (nSPS) is 16.2. The van der Waals surface area contributed by atoms with Crippen LogP contribution in [0.2, 0.25) is 0 Å². The summed E-state index contributed by atoms with van der Waals surface area (Å²) in [5.74, 6) is 3.29. The number of anilines is 1. The summed E-state index contributed by atoms with van der Waals surface area (Å²) in [5, 5.41) is 16.5. The molecule has 0 spiro atoms. The van der Waals surface area contributed by atoms with Crippen molar-refractivity contribution in [3.8, 4) is 12.3 Å². The van der Waals surface area contributed by atoms with Gasteiger partial charge in [0.05, 0.1) is 16.3 Å². The van der Waals surface area contributed by atoms with Crippen LogP contribution in [0.4, 0.5) is 10.6 Å². The van der Waals surface area contributed by atoms with Gasteiger partial charge in [-0.15, -0.1) is 6.42 Å². The van der Waals surface area contributed by atoms with Crippen LogP contribution >= 0.6 is 11.6 Å². The first kappa shape index (κ1) is 37.8. The lowest BCUT2D eigenvalue weighted by Gasteiger charge is -2.35. The average Bonchev–Trinajstić information content (AvgIpc) is 3.33. The summed E-state index contributed by atoms with van der Waals surface area (Å²) in [7, 11) is 0. The predicted molar refractivity (Wildman–Crippen MR) is 182 cm³/mol. The first-order valence-corrected chi connectivity index (χ1v) is 15.7. The molecule has 0 radical (unpaired) electrons. The highest BCUT2D eigenvalue weighted by Crippen LogP contribution is 2.34. The van der Waals surface area contributed by atoms with Crippen molar-refractivity contribution in [3.05, 3.63) is 57.9 Å². The van der Waals surface area contributed by atoms with Gasteiger partial charge in [0.25, 0.3) is 0 Å². The van der Waals surface area contributed by atoms with Gasteiger partial charge in [-0.05, 0) is 82.1 Å². The summed E-state index contributed by atoms with van der Waals surface area (Å²) in [4.78, 5) is 27.6. The molecular weight excluding hydrogens is 560 g/mol. The molecule has 0 aromatic carbocycles. The number of terminal acetylenes is 1. The topological polar surface area (TPSA) is 86.6 Å². The first-order valence-electron chi connectivity index (χ1n) is 15.3. The number of urea groups is 1. The zero-order chi connectivity index (χ0) is 33.0. The minimum absolute atomic E-state index is 0.0760. The second-order valence-electron chi connectivity index (χ2n) is 11.9. The van der Waals surface area contributed by atoms with Crippen molar-refractivity contribution in [2.45, 2.75) is 112 Å². The summed E-state index contributed by atoms with van der Waals surface area (Å²) in [6.45, 7) is 21.0. The monoisotopic (exact) mass is 612 g/mol. The molecule has 3 N–H and O–H groups in total. The fraction of sp³-hybridized carbons (Fsp3) is 0.543. The minimum atomic E-state index is -0.694. The number of carbonyl (C=O) groups is 2. The molecule has 8 heteroatoms. The molecule has 0 unspecified atom stereocenters. The third kappa shape index (κ3) is 11.1. The minimum Gasteiger partial charge on any atom is -0.390 e. The summed E-state index contributed by atoms with van der Waals surface area (Å²) in [6, 6.07) is 1.57. The zero-order valence-corrected chi connectivity index (χ0v) is 28.7. The van der Waals surface area contributed by atoms with E-state index in [4.69, 9.17) is 18.0 Å². The molecule has 3 amide bonds. The van der Waals surface area contributed by atoms with Crippen molar-refractivity contribution >= 4 is 35.1 Å². The largest absolute Gasteiger partial charge is 0.390 e. The molecule has 1 aromatic rings. The van der Waals surface area contributed by atoms with E-state index in [2.05, 4.69) is 44.2 Å². The Labute approximate surface area is 265 Å². The Morgan fingerprint density at radius 2 is 1.81 bits per heavy atom. The van der Waals surface area contributed by atoms with Gasteiger partial charge in [0.1, 0.15) is 5.82 Å². The molecular formula is C35H53ClN4O3. The molecule has 1 fully saturated rings. The van der Waals surface area contributed by atoms with Crippen LogP contribution in [0.1, 0.15) is 106 Å². The van der Waals surface area contributed by atoms with Crippen LogP contribution in [0, 0.1) is 12.3 Å². The van der Waals surface area contributed by atoms with Gasteiger partial charge in [-0.25, -0.2) is 4.79 Å². The lowest BCUT2D eigenvalue weighted by molar-refractivity contribution is -0.134. The number of aromatic nitrogens is 1. The maximum atomic E-state index is 13.1. The molecule has 0 bridgehead atoms. The van der Waals surface area contributed by atoms with Crippen molar-refractivity contribution in [3.63, 3.8) is 0 Å². The molecule has 2 rings (SSSR count). The number of piperidine rings is 1. The van der Waals surface area contributed by atoms with Crippen LogP contribution in [-0.4, -0.2) is 45.2 Å². The Morgan fingerprint density at radius 3 is 2.33 bits per heavy atom. The van der Waals surface area contributed by atoms with Gasteiger partial charge in [0, 0.05) is 37.0 Å². The lowest BCUT2D eigenvalue weighted by atomic mass is 9.86. The van der Waals surface area contributed by atoms with Crippen molar-refractivity contribution in [1.82, 2.24) is 14.8 Å². The van der Waals surface area contributed by atoms with E-state index < -0.39 is 11.6 Å². The second kappa shape index (κ2) is 17.2. The van der Waals surface area contributed by atoms with E-state index in [0.29, 0.717) is 67.4 Å². The Bertz CT molecular complexity index is 1270. The van der Waals surface area contributed by atoms with Crippen LogP contribution in [-0.2, 0) is 16.6 Å². The number of allylic oxidation sites excluding steroid dienone is 8. The van der Waals surface area contributed by atoms with Gasteiger partial charge in [0.15, 0.2) is 0 Å². The van der Waals surface area contributed by atoms with Gasteiger partial charge < -0.3 is 15.3 Å². The van der Waals surface area contributed by atoms with E-state index in [9.17, 15) is 14.7 Å². The fourth-order valence-corrected chi connectivity index (χ4v) is 4.97. The molecule has 1 aliphatic rings. The van der Waals surface area contributed by atoms with Crippen molar-refractivity contribution in [1.29, 1.82) is 0 Å². The SMILES string of the molecule is C#C/C=C(\C=C/CCC(=O)N1CCC(C)(O)CC1)n1c(NC(=O)N/C(C)=C(Cl)/C(C)=C\C)cc(C(C)(C)C)c1CC.CC. The Morgan fingerprint density at radius 1 is 1.21 bits per heavy atom. The second-order valence-corrected chi connectivity index (χ2v) is 12.3. The van der Waals surface area contributed by atoms with E-state index in [1.807, 2.05) is 68.4 Å². The molecule has 0 atom stereocenters. The van der Waals surface area contributed by atoms with Gasteiger partial charge in [-0.1, -0.05) is 71.2 Å². The summed E-state index contributed by atoms with van der Waals surface area (Å²) < 4.78 is 1.98. The highest BCUT2D eigenvalue weighted by atomic mass is 35.5. The molecule has 1 saturated heterocycles. The summed E-state index contributed by atoms with van der Waals surface area (Å²) in [6.07, 6.45) is 15.9. The average molecular weight is 613 g/mol. The van der Waals surface area contributed by atoms with Crippen LogP contribution in [0.3, 0.4) is 0 Å². The highest BCUT2D eigenvalue weighted by molar-refractivity contribution is 6.32. The van der Waals surface area contributed by atoms with E-state index in [0.717, 1.165) is 16.8 Å². The van der Waals surface area contributed by atoms with Crippen molar-refractivity contribution in [2.24, 2.45) is 0 Å². The Hall–Kier alpha value is -3.21. The Kier molecular flexibility index (Phi) is 15.1. The van der Waals surface area contributed by atoms with Gasteiger partial charge in [-0.2, -0.15) is 0 Å². The third-order valence-electron chi connectivity index (χ3n) is 7.39. The number of hydrogen-bond acceptors (Lipinski definition) is 3. The van der Waals surface area contributed by atoms with Gasteiger partial charge >= 0.3 is 6.03 Å². The lowest BCUT2D eigenvalue weighted by Crippen LogP contribution is -2.45. The maximum absolute atomic E-state index is 13.1. The van der Waals surface area contributed by atoms with Crippen molar-refractivity contribution < 1.29 is 14.7 Å². The number of carbonyl (C=O) groups excluding carboxylic acids is 2. The molecule has 0 aliphatic carbocycles. The van der Waals surface area contributed by atoms with Gasteiger partial charge in [0.2, 0.25) is 5.91 Å².